The summed E-state index contributed by atoms with van der Waals surface area (Å²) in [7, 11) is 0. The molecule has 2 aromatic carbocycles. The molecule has 0 aliphatic rings. The van der Waals surface area contributed by atoms with E-state index >= 15 is 0 Å². The first-order valence-corrected chi connectivity index (χ1v) is 6.58. The van der Waals surface area contributed by atoms with Gasteiger partial charge in [0.1, 0.15) is 5.82 Å². The van der Waals surface area contributed by atoms with E-state index in [1.54, 1.807) is 16.7 Å². The zero-order valence-electron chi connectivity index (χ0n) is 10.1. The fraction of sp³-hybridized carbons (Fsp3) is 0.0714. The number of halogens is 4. The van der Waals surface area contributed by atoms with Gasteiger partial charge in [-0.05, 0) is 27.6 Å². The van der Waals surface area contributed by atoms with E-state index in [1.165, 1.54) is 12.4 Å². The Balaban J connectivity index is 2.07. The molecule has 0 bridgehead atoms. The lowest BCUT2D eigenvalue weighted by Crippen LogP contribution is -2.00. The van der Waals surface area contributed by atoms with Gasteiger partial charge in [0.05, 0.1) is 28.4 Å². The molecule has 0 fully saturated rings. The fourth-order valence-corrected chi connectivity index (χ4v) is 2.42. The molecule has 1 heterocycles. The predicted molar refractivity (Wildman–Crippen MR) is 72.9 cm³/mol. The molecule has 0 unspecified atom stereocenters. The van der Waals surface area contributed by atoms with Gasteiger partial charge in [0.15, 0.2) is 11.6 Å². The van der Waals surface area contributed by atoms with Gasteiger partial charge in [-0.25, -0.2) is 18.2 Å². The highest BCUT2D eigenvalue weighted by Crippen LogP contribution is 2.23. The van der Waals surface area contributed by atoms with E-state index in [2.05, 4.69) is 20.9 Å². The van der Waals surface area contributed by atoms with Crippen LogP contribution in [0.15, 0.2) is 41.1 Å². The minimum absolute atomic E-state index is 0.305. The Labute approximate surface area is 121 Å². The van der Waals surface area contributed by atoms with Crippen molar-refractivity contribution in [2.24, 2.45) is 0 Å². The lowest BCUT2D eigenvalue weighted by Gasteiger charge is -2.07. The van der Waals surface area contributed by atoms with Gasteiger partial charge in [-0.2, -0.15) is 0 Å². The average Bonchev–Trinajstić information content (AvgIpc) is 2.78. The highest BCUT2D eigenvalue weighted by Gasteiger charge is 2.11. The molecule has 0 saturated carbocycles. The molecular weight excluding hydrogens is 333 g/mol. The average molecular weight is 341 g/mol. The first-order chi connectivity index (χ1) is 9.56. The zero-order chi connectivity index (χ0) is 14.3. The van der Waals surface area contributed by atoms with Gasteiger partial charge in [-0.3, -0.25) is 0 Å². The molecular formula is C14H8BrF3N2. The predicted octanol–water partition coefficient (Wildman–Crippen LogP) is 4.26. The standard InChI is InChI=1S/C14H8BrF3N2/c15-14-8(2-1-3-9(14)16)6-20-7-19-12-4-10(17)11(18)5-13(12)20/h1-5,7H,6H2. The number of hydrogen-bond donors (Lipinski definition) is 0. The van der Waals surface area contributed by atoms with Crippen molar-refractivity contribution < 1.29 is 13.2 Å². The highest BCUT2D eigenvalue weighted by atomic mass is 79.9. The van der Waals surface area contributed by atoms with Gasteiger partial charge in [-0.1, -0.05) is 12.1 Å². The lowest BCUT2D eigenvalue weighted by molar-refractivity contribution is 0.510. The van der Waals surface area contributed by atoms with Crippen LogP contribution in [0, 0.1) is 17.5 Å². The minimum atomic E-state index is -0.935. The van der Waals surface area contributed by atoms with Crippen LogP contribution in [-0.4, -0.2) is 9.55 Å². The van der Waals surface area contributed by atoms with Crippen LogP contribution in [0.3, 0.4) is 0 Å². The summed E-state index contributed by atoms with van der Waals surface area (Å²) >= 11 is 3.17. The second-order valence-corrected chi connectivity index (χ2v) is 5.13. The summed E-state index contributed by atoms with van der Waals surface area (Å²) in [5.41, 5.74) is 1.51. The van der Waals surface area contributed by atoms with Crippen LogP contribution in [0.25, 0.3) is 11.0 Å². The summed E-state index contributed by atoms with van der Waals surface area (Å²) in [5, 5.41) is 0. The Morgan fingerprint density at radius 3 is 2.60 bits per heavy atom. The van der Waals surface area contributed by atoms with Gasteiger partial charge in [0, 0.05) is 12.1 Å². The molecule has 0 spiro atoms. The Morgan fingerprint density at radius 1 is 1.05 bits per heavy atom. The molecule has 0 radical (unpaired) electrons. The van der Waals surface area contributed by atoms with Crippen molar-refractivity contribution in [3.05, 3.63) is 64.1 Å². The molecule has 0 aliphatic carbocycles. The maximum Gasteiger partial charge on any atom is 0.161 e. The maximum absolute atomic E-state index is 13.5. The summed E-state index contributed by atoms with van der Waals surface area (Å²) in [6.45, 7) is 0.305. The molecule has 3 aromatic rings. The normalized spacial score (nSPS) is 11.2. The van der Waals surface area contributed by atoms with Crippen molar-refractivity contribution in [2.45, 2.75) is 6.54 Å². The van der Waals surface area contributed by atoms with Crippen LogP contribution in [0.4, 0.5) is 13.2 Å². The van der Waals surface area contributed by atoms with Gasteiger partial charge in [0.25, 0.3) is 0 Å². The molecule has 20 heavy (non-hydrogen) atoms. The van der Waals surface area contributed by atoms with Crippen LogP contribution in [0.1, 0.15) is 5.56 Å². The number of nitrogens with zero attached hydrogens (tertiary/aromatic N) is 2. The molecule has 0 amide bonds. The van der Waals surface area contributed by atoms with E-state index in [1.807, 2.05) is 0 Å². The summed E-state index contributed by atoms with van der Waals surface area (Å²) in [5.74, 6) is -2.24. The largest absolute Gasteiger partial charge is 0.326 e. The molecule has 102 valence electrons. The SMILES string of the molecule is Fc1cc2ncn(Cc3cccc(F)c3Br)c2cc1F. The Bertz CT molecular complexity index is 798. The van der Waals surface area contributed by atoms with Crippen LogP contribution in [-0.2, 0) is 6.54 Å². The first kappa shape index (κ1) is 13.2. The summed E-state index contributed by atoms with van der Waals surface area (Å²) < 4.78 is 41.9. The Kier molecular flexibility index (Phi) is 3.25. The van der Waals surface area contributed by atoms with Crippen molar-refractivity contribution in [1.82, 2.24) is 9.55 Å². The summed E-state index contributed by atoms with van der Waals surface area (Å²) in [6.07, 6.45) is 1.47. The summed E-state index contributed by atoms with van der Waals surface area (Å²) in [6, 6.07) is 6.81. The van der Waals surface area contributed by atoms with Gasteiger partial charge < -0.3 is 4.57 Å². The van der Waals surface area contributed by atoms with E-state index in [9.17, 15) is 13.2 Å². The van der Waals surface area contributed by atoms with Crippen molar-refractivity contribution >= 4 is 27.0 Å². The number of imidazole rings is 1. The minimum Gasteiger partial charge on any atom is -0.326 e. The van der Waals surface area contributed by atoms with E-state index in [4.69, 9.17) is 0 Å². The third kappa shape index (κ3) is 2.20. The van der Waals surface area contributed by atoms with Crippen molar-refractivity contribution in [3.63, 3.8) is 0 Å². The quantitative estimate of drug-likeness (QED) is 0.681. The molecule has 3 rings (SSSR count). The van der Waals surface area contributed by atoms with E-state index < -0.39 is 11.6 Å². The Hall–Kier alpha value is -1.82. The van der Waals surface area contributed by atoms with Crippen LogP contribution in [0.2, 0.25) is 0 Å². The molecule has 0 aliphatic heterocycles. The lowest BCUT2D eigenvalue weighted by atomic mass is 10.2. The second-order valence-electron chi connectivity index (χ2n) is 4.34. The second kappa shape index (κ2) is 4.94. The third-order valence-corrected chi connectivity index (χ3v) is 3.92. The number of benzene rings is 2. The Morgan fingerprint density at radius 2 is 1.80 bits per heavy atom. The maximum atomic E-state index is 13.5. The molecule has 0 atom stereocenters. The molecule has 6 heteroatoms. The molecule has 1 aromatic heterocycles. The van der Waals surface area contributed by atoms with E-state index in [0.29, 0.717) is 27.6 Å². The van der Waals surface area contributed by atoms with Crippen LogP contribution >= 0.6 is 15.9 Å². The topological polar surface area (TPSA) is 17.8 Å². The molecule has 0 saturated heterocycles. The van der Waals surface area contributed by atoms with Crippen molar-refractivity contribution in [2.75, 3.05) is 0 Å². The zero-order valence-corrected chi connectivity index (χ0v) is 11.7. The molecule has 2 nitrogen and oxygen atoms in total. The van der Waals surface area contributed by atoms with Gasteiger partial charge >= 0.3 is 0 Å². The smallest absolute Gasteiger partial charge is 0.161 e. The van der Waals surface area contributed by atoms with Crippen molar-refractivity contribution in [3.8, 4) is 0 Å². The van der Waals surface area contributed by atoms with Gasteiger partial charge in [-0.15, -0.1) is 0 Å². The van der Waals surface area contributed by atoms with Gasteiger partial charge in [0.2, 0.25) is 0 Å². The van der Waals surface area contributed by atoms with E-state index in [-0.39, 0.29) is 5.82 Å². The van der Waals surface area contributed by atoms with Crippen LogP contribution < -0.4 is 0 Å². The highest BCUT2D eigenvalue weighted by molar-refractivity contribution is 9.10. The van der Waals surface area contributed by atoms with E-state index in [0.717, 1.165) is 12.1 Å². The monoisotopic (exact) mass is 340 g/mol. The first-order valence-electron chi connectivity index (χ1n) is 5.79. The van der Waals surface area contributed by atoms with Crippen molar-refractivity contribution in [1.29, 1.82) is 0 Å². The summed E-state index contributed by atoms with van der Waals surface area (Å²) in [4.78, 5) is 4.02. The number of rotatable bonds is 2. The fourth-order valence-electron chi connectivity index (χ4n) is 2.03. The number of hydrogen-bond acceptors (Lipinski definition) is 1. The number of fused-ring (bicyclic) bond motifs is 1. The number of aromatic nitrogens is 2. The molecule has 0 N–H and O–H groups in total. The third-order valence-electron chi connectivity index (χ3n) is 3.04. The van der Waals surface area contributed by atoms with Crippen LogP contribution in [0.5, 0.6) is 0 Å².